The van der Waals surface area contributed by atoms with Crippen molar-refractivity contribution in [2.24, 2.45) is 7.05 Å². The number of hydrogen-bond donors (Lipinski definition) is 1. The van der Waals surface area contributed by atoms with Crippen LogP contribution in [0.25, 0.3) is 16.7 Å². The summed E-state index contributed by atoms with van der Waals surface area (Å²) >= 11 is 6.79. The molecule has 2 fully saturated rings. The lowest BCUT2D eigenvalue weighted by Gasteiger charge is -2.24. The van der Waals surface area contributed by atoms with Crippen molar-refractivity contribution < 1.29 is 9.47 Å². The molecule has 1 saturated heterocycles. The molecular formula is C26H25ClN8O3. The first-order chi connectivity index (χ1) is 18.6. The number of rotatable bonds is 6. The molecule has 38 heavy (non-hydrogen) atoms. The van der Waals surface area contributed by atoms with Gasteiger partial charge in [0, 0.05) is 25.8 Å². The van der Waals surface area contributed by atoms with Crippen molar-refractivity contribution in [2.45, 2.75) is 37.6 Å². The molecule has 1 N–H and O–H groups in total. The van der Waals surface area contributed by atoms with Crippen LogP contribution in [0.4, 0.5) is 11.6 Å². The highest BCUT2D eigenvalue weighted by Crippen LogP contribution is 2.40. The van der Waals surface area contributed by atoms with Crippen molar-refractivity contribution >= 4 is 39.9 Å². The van der Waals surface area contributed by atoms with Crippen molar-refractivity contribution in [3.8, 4) is 11.5 Å². The van der Waals surface area contributed by atoms with E-state index in [-0.39, 0.29) is 11.6 Å². The smallest absolute Gasteiger partial charge is 0.290 e. The Bertz CT molecular complexity index is 1730. The van der Waals surface area contributed by atoms with Crippen molar-refractivity contribution in [3.63, 3.8) is 0 Å². The lowest BCUT2D eigenvalue weighted by atomic mass is 10.1. The zero-order valence-electron chi connectivity index (χ0n) is 20.7. The Morgan fingerprint density at radius 2 is 2.08 bits per heavy atom. The summed E-state index contributed by atoms with van der Waals surface area (Å²) in [5.74, 6) is 1.76. The minimum Gasteiger partial charge on any atom is -0.450 e. The minimum absolute atomic E-state index is 0.0771. The zero-order chi connectivity index (χ0) is 25.8. The lowest BCUT2D eigenvalue weighted by Crippen LogP contribution is -2.34. The Morgan fingerprint density at radius 1 is 1.18 bits per heavy atom. The summed E-state index contributed by atoms with van der Waals surface area (Å²) in [6.07, 6.45) is 8.94. The van der Waals surface area contributed by atoms with Crippen LogP contribution in [0, 0.1) is 0 Å². The molecule has 1 aliphatic carbocycles. The number of nitrogens with one attached hydrogen (secondary N) is 1. The largest absolute Gasteiger partial charge is 0.450 e. The van der Waals surface area contributed by atoms with Crippen LogP contribution in [0.2, 0.25) is 5.02 Å². The standard InChI is InChI=1S/C26H25ClN8O3/c1-33-23-22(27)21(38-20-13-29-34-9-3-2-6-19(20)34)12-28-24(23)31-26(33)30-18-11-17(15-7-8-15)32-35(25(18)36)16-5-4-10-37-14-16/h2-3,6,9,11-13,15-16H,4-5,7-8,10,14H2,1H3,(H,28,30,31)/t16-/m1/s1. The number of nitrogens with zero attached hydrogens (tertiary/aromatic N) is 7. The van der Waals surface area contributed by atoms with Gasteiger partial charge in [-0.15, -0.1) is 0 Å². The van der Waals surface area contributed by atoms with Crippen LogP contribution >= 0.6 is 11.6 Å². The molecule has 1 aliphatic heterocycles. The van der Waals surface area contributed by atoms with Crippen LogP contribution in [0.3, 0.4) is 0 Å². The van der Waals surface area contributed by atoms with E-state index in [0.717, 1.165) is 43.5 Å². The van der Waals surface area contributed by atoms with E-state index in [9.17, 15) is 4.79 Å². The van der Waals surface area contributed by atoms with Gasteiger partial charge >= 0.3 is 0 Å². The second-order valence-electron chi connectivity index (χ2n) is 9.75. The fourth-order valence-corrected chi connectivity index (χ4v) is 5.19. The summed E-state index contributed by atoms with van der Waals surface area (Å²) < 4.78 is 16.8. The third-order valence-electron chi connectivity index (χ3n) is 7.09. The molecule has 11 nitrogen and oxygen atoms in total. The number of pyridine rings is 2. The zero-order valence-corrected chi connectivity index (χ0v) is 21.4. The molecule has 5 aromatic heterocycles. The Morgan fingerprint density at radius 3 is 2.89 bits per heavy atom. The average molecular weight is 533 g/mol. The Labute approximate surface area is 222 Å². The molecule has 0 aromatic carbocycles. The number of fused-ring (bicyclic) bond motifs is 2. The fourth-order valence-electron chi connectivity index (χ4n) is 4.89. The number of imidazole rings is 1. The van der Waals surface area contributed by atoms with E-state index in [4.69, 9.17) is 26.2 Å². The first-order valence-electron chi connectivity index (χ1n) is 12.7. The number of hydrogen-bond acceptors (Lipinski definition) is 8. The topological polar surface area (TPSA) is 113 Å². The normalized spacial score (nSPS) is 17.8. The summed E-state index contributed by atoms with van der Waals surface area (Å²) in [5.41, 5.74) is 2.96. The van der Waals surface area contributed by atoms with Gasteiger partial charge in [0.2, 0.25) is 5.95 Å². The van der Waals surface area contributed by atoms with Gasteiger partial charge in [-0.3, -0.25) is 4.79 Å². The van der Waals surface area contributed by atoms with Gasteiger partial charge in [-0.2, -0.15) is 15.2 Å². The van der Waals surface area contributed by atoms with Crippen LogP contribution in [0.1, 0.15) is 43.3 Å². The number of halogens is 1. The van der Waals surface area contributed by atoms with Gasteiger partial charge in [0.1, 0.15) is 21.7 Å². The van der Waals surface area contributed by atoms with Crippen molar-refractivity contribution in [1.82, 2.24) is 33.9 Å². The highest BCUT2D eigenvalue weighted by atomic mass is 35.5. The SMILES string of the molecule is Cn1c(Nc2cc(C3CC3)nn([C@@H]3CCCOC3)c2=O)nc2ncc(Oc3cnn4ccccc34)c(Cl)c21. The van der Waals surface area contributed by atoms with Gasteiger partial charge in [0.15, 0.2) is 17.1 Å². The average Bonchev–Trinajstić information content (AvgIpc) is 3.64. The van der Waals surface area contributed by atoms with Gasteiger partial charge < -0.3 is 19.4 Å². The second kappa shape index (κ2) is 9.10. The van der Waals surface area contributed by atoms with Crippen LogP contribution in [0.5, 0.6) is 11.5 Å². The molecule has 1 saturated carbocycles. The third-order valence-corrected chi connectivity index (χ3v) is 7.46. The summed E-state index contributed by atoms with van der Waals surface area (Å²) in [6.45, 7) is 1.21. The quantitative estimate of drug-likeness (QED) is 0.338. The molecule has 7 rings (SSSR count). The number of ether oxygens (including phenoxy) is 2. The molecule has 6 heterocycles. The van der Waals surface area contributed by atoms with Crippen molar-refractivity contribution in [2.75, 3.05) is 18.5 Å². The fraction of sp³-hybridized carbons (Fsp3) is 0.346. The number of anilines is 2. The Kier molecular flexibility index (Phi) is 5.55. The van der Waals surface area contributed by atoms with Gasteiger partial charge in [0.05, 0.1) is 30.7 Å². The molecule has 0 amide bonds. The van der Waals surface area contributed by atoms with E-state index in [1.54, 1.807) is 26.2 Å². The van der Waals surface area contributed by atoms with Crippen molar-refractivity contribution in [1.29, 1.82) is 0 Å². The summed E-state index contributed by atoms with van der Waals surface area (Å²) in [6, 6.07) is 7.48. The van der Waals surface area contributed by atoms with E-state index in [0.29, 0.717) is 51.8 Å². The van der Waals surface area contributed by atoms with Gasteiger partial charge in [-0.25, -0.2) is 14.2 Å². The molecule has 2 aliphatic rings. The molecule has 0 radical (unpaired) electrons. The summed E-state index contributed by atoms with van der Waals surface area (Å²) in [4.78, 5) is 22.6. The molecule has 0 bridgehead atoms. The molecular weight excluding hydrogens is 508 g/mol. The van der Waals surface area contributed by atoms with Crippen molar-refractivity contribution in [3.05, 3.63) is 63.9 Å². The van der Waals surface area contributed by atoms with Gasteiger partial charge in [-0.1, -0.05) is 17.7 Å². The molecule has 194 valence electrons. The third kappa shape index (κ3) is 3.98. The van der Waals surface area contributed by atoms with E-state index in [1.165, 1.54) is 0 Å². The molecule has 0 spiro atoms. The number of aryl methyl sites for hydroxylation is 1. The monoisotopic (exact) mass is 532 g/mol. The lowest BCUT2D eigenvalue weighted by molar-refractivity contribution is 0.0530. The number of aromatic nitrogens is 7. The van der Waals surface area contributed by atoms with Crippen LogP contribution in [0.15, 0.2) is 47.7 Å². The maximum atomic E-state index is 13.5. The van der Waals surface area contributed by atoms with Crippen LogP contribution in [-0.4, -0.2) is 47.1 Å². The maximum Gasteiger partial charge on any atom is 0.290 e. The predicted molar refractivity (Wildman–Crippen MR) is 142 cm³/mol. The molecule has 1 atom stereocenters. The predicted octanol–water partition coefficient (Wildman–Crippen LogP) is 4.59. The Balaban J connectivity index is 1.25. The minimum atomic E-state index is -0.201. The van der Waals surface area contributed by atoms with E-state index >= 15 is 0 Å². The summed E-state index contributed by atoms with van der Waals surface area (Å²) in [7, 11) is 1.82. The first kappa shape index (κ1) is 23.2. The van der Waals surface area contributed by atoms with Gasteiger partial charge in [-0.05, 0) is 43.9 Å². The molecule has 12 heteroatoms. The van der Waals surface area contributed by atoms with Gasteiger partial charge in [0.25, 0.3) is 5.56 Å². The highest BCUT2D eigenvalue weighted by Gasteiger charge is 2.29. The Hall–Kier alpha value is -3.96. The maximum absolute atomic E-state index is 13.5. The van der Waals surface area contributed by atoms with E-state index in [2.05, 4.69) is 20.4 Å². The first-order valence-corrected chi connectivity index (χ1v) is 13.0. The highest BCUT2D eigenvalue weighted by molar-refractivity contribution is 6.36. The van der Waals surface area contributed by atoms with E-state index in [1.807, 2.05) is 37.5 Å². The summed E-state index contributed by atoms with van der Waals surface area (Å²) in [5, 5.41) is 12.6. The molecule has 5 aromatic rings. The van der Waals surface area contributed by atoms with E-state index < -0.39 is 0 Å². The van der Waals surface area contributed by atoms with Crippen LogP contribution < -0.4 is 15.6 Å². The van der Waals surface area contributed by atoms with Crippen LogP contribution in [-0.2, 0) is 11.8 Å². The molecule has 0 unspecified atom stereocenters. The second-order valence-corrected chi connectivity index (χ2v) is 10.1.